The molecule has 1 aliphatic carbocycles. The molecular weight excluding hydrogens is 252 g/mol. The van der Waals surface area contributed by atoms with Gasteiger partial charge >= 0.3 is 0 Å². The molecule has 0 amide bonds. The molecule has 114 valence electrons. The van der Waals surface area contributed by atoms with Crippen LogP contribution in [0.15, 0.2) is 6.20 Å². The van der Waals surface area contributed by atoms with Crippen molar-refractivity contribution in [1.29, 1.82) is 0 Å². The molecule has 4 heteroatoms. The highest BCUT2D eigenvalue weighted by Crippen LogP contribution is 2.40. The minimum Gasteiger partial charge on any atom is -0.493 e. The van der Waals surface area contributed by atoms with Crippen molar-refractivity contribution in [2.75, 3.05) is 7.11 Å². The Bertz CT molecular complexity index is 387. The summed E-state index contributed by atoms with van der Waals surface area (Å²) in [6.07, 6.45) is 8.59. The maximum Gasteiger partial charge on any atom is 0.162 e. The van der Waals surface area contributed by atoms with E-state index in [2.05, 4.69) is 12.0 Å². The lowest BCUT2D eigenvalue weighted by Gasteiger charge is -2.31. The smallest absolute Gasteiger partial charge is 0.162 e. The first-order chi connectivity index (χ1) is 9.71. The molecule has 2 rings (SSSR count). The summed E-state index contributed by atoms with van der Waals surface area (Å²) in [4.78, 5) is 0. The topological polar surface area (TPSA) is 47.3 Å². The molecule has 0 spiro atoms. The van der Waals surface area contributed by atoms with Crippen LogP contribution in [-0.4, -0.2) is 22.0 Å². The van der Waals surface area contributed by atoms with Crippen LogP contribution in [0.4, 0.5) is 0 Å². The maximum absolute atomic E-state index is 10.7. The Hall–Kier alpha value is -1.03. The van der Waals surface area contributed by atoms with Crippen molar-refractivity contribution >= 4 is 0 Å². The molecule has 1 fully saturated rings. The number of rotatable bonds is 6. The summed E-state index contributed by atoms with van der Waals surface area (Å²) in [6.45, 7) is 5.06. The monoisotopic (exact) mass is 280 g/mol. The van der Waals surface area contributed by atoms with Crippen molar-refractivity contribution in [3.8, 4) is 5.75 Å². The van der Waals surface area contributed by atoms with E-state index in [1.165, 1.54) is 25.7 Å². The van der Waals surface area contributed by atoms with Crippen LogP contribution in [0.2, 0.25) is 0 Å². The van der Waals surface area contributed by atoms with Gasteiger partial charge in [-0.1, -0.05) is 32.6 Å². The predicted octanol–water partition coefficient (Wildman–Crippen LogP) is 3.55. The van der Waals surface area contributed by atoms with Gasteiger partial charge in [0.2, 0.25) is 0 Å². The summed E-state index contributed by atoms with van der Waals surface area (Å²) in [5.41, 5.74) is 0.856. The van der Waals surface area contributed by atoms with Gasteiger partial charge < -0.3 is 9.84 Å². The zero-order valence-corrected chi connectivity index (χ0v) is 13.0. The molecule has 1 heterocycles. The Morgan fingerprint density at radius 1 is 1.35 bits per heavy atom. The molecule has 4 nitrogen and oxygen atoms in total. The van der Waals surface area contributed by atoms with Gasteiger partial charge in [-0.05, 0) is 31.6 Å². The average molecular weight is 280 g/mol. The van der Waals surface area contributed by atoms with Crippen LogP contribution in [0.1, 0.15) is 64.2 Å². The van der Waals surface area contributed by atoms with E-state index in [9.17, 15) is 5.11 Å². The molecule has 1 aliphatic rings. The number of methoxy groups -OCH3 is 1. The zero-order chi connectivity index (χ0) is 14.5. The number of hydrogen-bond donors (Lipinski definition) is 1. The fourth-order valence-corrected chi connectivity index (χ4v) is 3.51. The van der Waals surface area contributed by atoms with Crippen LogP contribution >= 0.6 is 0 Å². The van der Waals surface area contributed by atoms with E-state index in [4.69, 9.17) is 4.74 Å². The number of aryl methyl sites for hydroxylation is 1. The molecule has 0 saturated heterocycles. The molecule has 20 heavy (non-hydrogen) atoms. The van der Waals surface area contributed by atoms with Gasteiger partial charge in [-0.15, -0.1) is 0 Å². The fourth-order valence-electron chi connectivity index (χ4n) is 3.51. The highest BCUT2D eigenvalue weighted by molar-refractivity contribution is 5.27. The minimum atomic E-state index is -0.449. The molecule has 0 aliphatic heterocycles. The summed E-state index contributed by atoms with van der Waals surface area (Å²) in [5.74, 6) is 1.93. The standard InChI is InChI=1S/C16H28N2O2/c1-4-6-12-7-9-13(10-8-12)16(19)15-14(20-3)11-17-18(15)5-2/h11-13,16,19H,4-10H2,1-3H3. The molecule has 1 unspecified atom stereocenters. The van der Waals surface area contributed by atoms with Crippen LogP contribution in [0.5, 0.6) is 5.75 Å². The summed E-state index contributed by atoms with van der Waals surface area (Å²) in [7, 11) is 1.64. The van der Waals surface area contributed by atoms with Crippen LogP contribution in [-0.2, 0) is 6.54 Å². The average Bonchev–Trinajstić information content (AvgIpc) is 2.90. The summed E-state index contributed by atoms with van der Waals surface area (Å²) in [5, 5.41) is 15.0. The lowest BCUT2D eigenvalue weighted by molar-refractivity contribution is 0.0630. The van der Waals surface area contributed by atoms with E-state index in [0.717, 1.165) is 36.7 Å². The lowest BCUT2D eigenvalue weighted by Crippen LogP contribution is -2.23. The summed E-state index contributed by atoms with van der Waals surface area (Å²) in [6, 6.07) is 0. The first-order valence-corrected chi connectivity index (χ1v) is 7.98. The van der Waals surface area contributed by atoms with Crippen molar-refractivity contribution in [3.63, 3.8) is 0 Å². The second-order valence-electron chi connectivity index (χ2n) is 5.93. The Kier molecular flexibility index (Phi) is 5.46. The van der Waals surface area contributed by atoms with Gasteiger partial charge in [0.1, 0.15) is 11.8 Å². The third-order valence-corrected chi connectivity index (χ3v) is 4.68. The molecule has 0 radical (unpaired) electrons. The third kappa shape index (κ3) is 3.17. The number of hydrogen-bond acceptors (Lipinski definition) is 3. The Labute approximate surface area is 122 Å². The van der Waals surface area contributed by atoms with E-state index in [1.54, 1.807) is 13.3 Å². The molecule has 0 bridgehead atoms. The Balaban J connectivity index is 2.05. The second kappa shape index (κ2) is 7.11. The van der Waals surface area contributed by atoms with Crippen LogP contribution < -0.4 is 4.74 Å². The molecule has 1 N–H and O–H groups in total. The van der Waals surface area contributed by atoms with Crippen LogP contribution in [0.3, 0.4) is 0 Å². The molecule has 1 aromatic heterocycles. The van der Waals surface area contributed by atoms with E-state index >= 15 is 0 Å². The van der Waals surface area contributed by atoms with Crippen molar-refractivity contribution in [2.45, 2.75) is 65.0 Å². The molecule has 1 atom stereocenters. The normalized spacial score (nSPS) is 24.6. The van der Waals surface area contributed by atoms with E-state index < -0.39 is 6.10 Å². The first-order valence-electron chi connectivity index (χ1n) is 7.98. The van der Waals surface area contributed by atoms with Crippen molar-refractivity contribution in [3.05, 3.63) is 11.9 Å². The van der Waals surface area contributed by atoms with Gasteiger partial charge in [0.05, 0.1) is 13.3 Å². The van der Waals surface area contributed by atoms with Gasteiger partial charge in [-0.3, -0.25) is 4.68 Å². The van der Waals surface area contributed by atoms with E-state index in [0.29, 0.717) is 5.92 Å². The predicted molar refractivity (Wildman–Crippen MR) is 79.8 cm³/mol. The first kappa shape index (κ1) is 15.4. The quantitative estimate of drug-likeness (QED) is 0.867. The largest absolute Gasteiger partial charge is 0.493 e. The summed E-state index contributed by atoms with van der Waals surface area (Å²) >= 11 is 0. The maximum atomic E-state index is 10.7. The Morgan fingerprint density at radius 2 is 2.05 bits per heavy atom. The van der Waals surface area contributed by atoms with Crippen LogP contribution in [0.25, 0.3) is 0 Å². The van der Waals surface area contributed by atoms with Gasteiger partial charge in [0.25, 0.3) is 0 Å². The number of aliphatic hydroxyl groups is 1. The van der Waals surface area contributed by atoms with Crippen molar-refractivity contribution in [1.82, 2.24) is 9.78 Å². The molecule has 0 aromatic carbocycles. The number of aliphatic hydroxyl groups excluding tert-OH is 1. The van der Waals surface area contributed by atoms with Crippen molar-refractivity contribution < 1.29 is 9.84 Å². The van der Waals surface area contributed by atoms with Gasteiger partial charge in [0.15, 0.2) is 5.75 Å². The number of nitrogens with zero attached hydrogens (tertiary/aromatic N) is 2. The molecule has 1 aromatic rings. The summed E-state index contributed by atoms with van der Waals surface area (Å²) < 4.78 is 7.22. The van der Waals surface area contributed by atoms with E-state index in [-0.39, 0.29) is 0 Å². The SMILES string of the molecule is CCCC1CCC(C(O)c2c(OC)cnn2CC)CC1. The molecule has 1 saturated carbocycles. The van der Waals surface area contributed by atoms with Gasteiger partial charge in [-0.2, -0.15) is 5.10 Å². The highest BCUT2D eigenvalue weighted by Gasteiger charge is 2.31. The second-order valence-corrected chi connectivity index (χ2v) is 5.93. The minimum absolute atomic E-state index is 0.346. The number of aromatic nitrogens is 2. The van der Waals surface area contributed by atoms with Gasteiger partial charge in [-0.25, -0.2) is 0 Å². The highest BCUT2D eigenvalue weighted by atomic mass is 16.5. The fraction of sp³-hybridized carbons (Fsp3) is 0.812. The zero-order valence-electron chi connectivity index (χ0n) is 13.0. The van der Waals surface area contributed by atoms with Crippen molar-refractivity contribution in [2.24, 2.45) is 11.8 Å². The molecular formula is C16H28N2O2. The lowest BCUT2D eigenvalue weighted by atomic mass is 9.77. The third-order valence-electron chi connectivity index (χ3n) is 4.68. The Morgan fingerprint density at radius 3 is 2.60 bits per heavy atom. The number of ether oxygens (including phenoxy) is 1. The van der Waals surface area contributed by atoms with Crippen LogP contribution in [0, 0.1) is 11.8 Å². The van der Waals surface area contributed by atoms with E-state index in [1.807, 2.05) is 11.6 Å². The van der Waals surface area contributed by atoms with Gasteiger partial charge in [0, 0.05) is 6.54 Å².